The predicted octanol–water partition coefficient (Wildman–Crippen LogP) is 1.35. The van der Waals surface area contributed by atoms with Crippen LogP contribution >= 0.6 is 0 Å². The molecule has 0 unspecified atom stereocenters. The summed E-state index contributed by atoms with van der Waals surface area (Å²) in [7, 11) is 0. The van der Waals surface area contributed by atoms with E-state index < -0.39 is 0 Å². The van der Waals surface area contributed by atoms with Crippen LogP contribution in [0.2, 0.25) is 0 Å². The summed E-state index contributed by atoms with van der Waals surface area (Å²) in [6.45, 7) is 3.53. The van der Waals surface area contributed by atoms with Crippen molar-refractivity contribution in [3.05, 3.63) is 29.6 Å². The molecule has 1 fully saturated rings. The van der Waals surface area contributed by atoms with Crippen molar-refractivity contribution in [2.24, 2.45) is 4.99 Å². The zero-order valence-electron chi connectivity index (χ0n) is 8.44. The summed E-state index contributed by atoms with van der Waals surface area (Å²) in [4.78, 5) is 19.3. The van der Waals surface area contributed by atoms with E-state index in [0.717, 1.165) is 5.69 Å². The molecule has 0 atom stereocenters. The van der Waals surface area contributed by atoms with Gasteiger partial charge in [-0.3, -0.25) is 14.8 Å². The van der Waals surface area contributed by atoms with Crippen molar-refractivity contribution < 1.29 is 4.79 Å². The lowest BCUT2D eigenvalue weighted by atomic mass is 10.2. The van der Waals surface area contributed by atoms with Crippen molar-refractivity contribution in [1.82, 2.24) is 10.3 Å². The van der Waals surface area contributed by atoms with Gasteiger partial charge in [-0.25, -0.2) is 0 Å². The van der Waals surface area contributed by atoms with Gasteiger partial charge < -0.3 is 5.32 Å². The Bertz CT molecular complexity index is 368. The molecule has 0 saturated heterocycles. The van der Waals surface area contributed by atoms with Gasteiger partial charge in [-0.1, -0.05) is 0 Å². The SMILES string of the molecule is C=NCNC(=O)c1ccc(C2CC2)nc1. The summed E-state index contributed by atoms with van der Waals surface area (Å²) in [5.74, 6) is 0.467. The number of hydrogen-bond donors (Lipinski definition) is 1. The lowest BCUT2D eigenvalue weighted by Crippen LogP contribution is -2.23. The molecule has 1 saturated carbocycles. The van der Waals surface area contributed by atoms with E-state index >= 15 is 0 Å². The summed E-state index contributed by atoms with van der Waals surface area (Å²) in [6, 6.07) is 3.73. The molecule has 0 aromatic carbocycles. The monoisotopic (exact) mass is 203 g/mol. The number of rotatable bonds is 4. The van der Waals surface area contributed by atoms with Gasteiger partial charge in [0.1, 0.15) is 6.67 Å². The molecule has 1 aromatic rings. The van der Waals surface area contributed by atoms with Crippen molar-refractivity contribution in [3.8, 4) is 0 Å². The van der Waals surface area contributed by atoms with Gasteiger partial charge in [0.05, 0.1) is 5.56 Å². The Hall–Kier alpha value is -1.71. The molecule has 0 radical (unpaired) electrons. The number of aromatic nitrogens is 1. The molecule has 1 aliphatic carbocycles. The van der Waals surface area contributed by atoms with Gasteiger partial charge in [0, 0.05) is 17.8 Å². The van der Waals surface area contributed by atoms with E-state index in [-0.39, 0.29) is 12.6 Å². The van der Waals surface area contributed by atoms with Gasteiger partial charge in [0.2, 0.25) is 0 Å². The summed E-state index contributed by atoms with van der Waals surface area (Å²) in [5, 5.41) is 2.60. The Morgan fingerprint density at radius 2 is 2.40 bits per heavy atom. The Labute approximate surface area is 88.4 Å². The highest BCUT2D eigenvalue weighted by atomic mass is 16.1. The van der Waals surface area contributed by atoms with E-state index in [1.165, 1.54) is 12.8 Å². The first kappa shape index (κ1) is 9.83. The first-order valence-corrected chi connectivity index (χ1v) is 4.98. The topological polar surface area (TPSA) is 54.4 Å². The zero-order valence-corrected chi connectivity index (χ0v) is 8.44. The van der Waals surface area contributed by atoms with Crippen LogP contribution in [0.5, 0.6) is 0 Å². The number of amides is 1. The third kappa shape index (κ3) is 2.40. The minimum Gasteiger partial charge on any atom is -0.333 e. The molecule has 2 rings (SSSR count). The van der Waals surface area contributed by atoms with Gasteiger partial charge in [-0.2, -0.15) is 0 Å². The average molecular weight is 203 g/mol. The van der Waals surface area contributed by atoms with Gasteiger partial charge in [-0.05, 0) is 31.7 Å². The van der Waals surface area contributed by atoms with Gasteiger partial charge >= 0.3 is 0 Å². The second kappa shape index (κ2) is 4.21. The molecule has 1 aromatic heterocycles. The summed E-state index contributed by atoms with van der Waals surface area (Å²) >= 11 is 0. The third-order valence-electron chi connectivity index (χ3n) is 2.40. The maximum Gasteiger partial charge on any atom is 0.254 e. The predicted molar refractivity (Wildman–Crippen MR) is 58.1 cm³/mol. The molecule has 0 aliphatic heterocycles. The van der Waals surface area contributed by atoms with E-state index in [9.17, 15) is 4.79 Å². The molecule has 0 bridgehead atoms. The Kier molecular flexibility index (Phi) is 2.76. The summed E-state index contributed by atoms with van der Waals surface area (Å²) < 4.78 is 0. The van der Waals surface area contributed by atoms with E-state index in [2.05, 4.69) is 22.0 Å². The minimum absolute atomic E-state index is 0.155. The second-order valence-corrected chi connectivity index (χ2v) is 3.63. The summed E-state index contributed by atoms with van der Waals surface area (Å²) in [6.07, 6.45) is 4.06. The highest BCUT2D eigenvalue weighted by Crippen LogP contribution is 2.38. The quantitative estimate of drug-likeness (QED) is 0.751. The normalized spacial score (nSPS) is 14.7. The number of hydrogen-bond acceptors (Lipinski definition) is 3. The van der Waals surface area contributed by atoms with Crippen molar-refractivity contribution in [2.45, 2.75) is 18.8 Å². The number of carbonyl (C=O) groups excluding carboxylic acids is 1. The largest absolute Gasteiger partial charge is 0.333 e. The highest BCUT2D eigenvalue weighted by Gasteiger charge is 2.24. The van der Waals surface area contributed by atoms with Crippen LogP contribution in [-0.4, -0.2) is 24.3 Å². The fourth-order valence-electron chi connectivity index (χ4n) is 1.39. The molecule has 4 heteroatoms. The molecule has 1 N–H and O–H groups in total. The van der Waals surface area contributed by atoms with Crippen LogP contribution in [0.15, 0.2) is 23.3 Å². The van der Waals surface area contributed by atoms with E-state index in [1.54, 1.807) is 12.3 Å². The lowest BCUT2D eigenvalue weighted by molar-refractivity contribution is 0.0954. The van der Waals surface area contributed by atoms with E-state index in [4.69, 9.17) is 0 Å². The standard InChI is InChI=1S/C11H13N3O/c1-12-7-14-11(15)9-4-5-10(13-6-9)8-2-3-8/h4-6,8H,1-3,7H2,(H,14,15). The van der Waals surface area contributed by atoms with Crippen molar-refractivity contribution in [3.63, 3.8) is 0 Å². The Morgan fingerprint density at radius 1 is 1.60 bits per heavy atom. The Balaban J connectivity index is 2.02. The van der Waals surface area contributed by atoms with E-state index in [0.29, 0.717) is 11.5 Å². The molecular formula is C11H13N3O. The molecule has 1 heterocycles. The van der Waals surface area contributed by atoms with Crippen LogP contribution in [0.25, 0.3) is 0 Å². The number of nitrogens with one attached hydrogen (secondary N) is 1. The van der Waals surface area contributed by atoms with Crippen molar-refractivity contribution >= 4 is 12.6 Å². The van der Waals surface area contributed by atoms with Gasteiger partial charge in [0.25, 0.3) is 5.91 Å². The molecular weight excluding hydrogens is 190 g/mol. The number of pyridine rings is 1. The molecule has 4 nitrogen and oxygen atoms in total. The smallest absolute Gasteiger partial charge is 0.254 e. The van der Waals surface area contributed by atoms with Crippen LogP contribution in [0.3, 0.4) is 0 Å². The maximum absolute atomic E-state index is 11.5. The van der Waals surface area contributed by atoms with Crippen LogP contribution < -0.4 is 5.32 Å². The van der Waals surface area contributed by atoms with E-state index in [1.807, 2.05) is 6.07 Å². The first-order chi connectivity index (χ1) is 7.31. The first-order valence-electron chi connectivity index (χ1n) is 4.98. The zero-order chi connectivity index (χ0) is 10.7. The van der Waals surface area contributed by atoms with Crippen molar-refractivity contribution in [1.29, 1.82) is 0 Å². The molecule has 15 heavy (non-hydrogen) atoms. The fourth-order valence-corrected chi connectivity index (χ4v) is 1.39. The second-order valence-electron chi connectivity index (χ2n) is 3.63. The number of carbonyl (C=O) groups is 1. The van der Waals surface area contributed by atoms with Crippen LogP contribution in [0, 0.1) is 0 Å². The van der Waals surface area contributed by atoms with Gasteiger partial charge in [-0.15, -0.1) is 0 Å². The number of nitrogens with zero attached hydrogens (tertiary/aromatic N) is 2. The average Bonchev–Trinajstić information content (AvgIpc) is 3.10. The molecule has 1 amide bonds. The lowest BCUT2D eigenvalue weighted by Gasteiger charge is -2.02. The molecule has 0 spiro atoms. The Morgan fingerprint density at radius 3 is 2.93 bits per heavy atom. The summed E-state index contributed by atoms with van der Waals surface area (Å²) in [5.41, 5.74) is 1.66. The van der Waals surface area contributed by atoms with Crippen LogP contribution in [0.4, 0.5) is 0 Å². The highest BCUT2D eigenvalue weighted by molar-refractivity contribution is 5.93. The van der Waals surface area contributed by atoms with Crippen molar-refractivity contribution in [2.75, 3.05) is 6.67 Å². The minimum atomic E-state index is -0.155. The molecule has 78 valence electrons. The fraction of sp³-hybridized carbons (Fsp3) is 0.364. The maximum atomic E-state index is 11.5. The third-order valence-corrected chi connectivity index (χ3v) is 2.40. The molecule has 1 aliphatic rings. The van der Waals surface area contributed by atoms with Gasteiger partial charge in [0.15, 0.2) is 0 Å². The number of aliphatic imine (C=N–C) groups is 1. The van der Waals surface area contributed by atoms with Crippen LogP contribution in [-0.2, 0) is 0 Å². The van der Waals surface area contributed by atoms with Crippen LogP contribution in [0.1, 0.15) is 34.8 Å².